The summed E-state index contributed by atoms with van der Waals surface area (Å²) in [6.45, 7) is 6.36. The van der Waals surface area contributed by atoms with E-state index in [0.29, 0.717) is 0 Å². The predicted molar refractivity (Wildman–Crippen MR) is 33.5 cm³/mol. The lowest BCUT2D eigenvalue weighted by Crippen LogP contribution is -1.90. The van der Waals surface area contributed by atoms with E-state index in [4.69, 9.17) is 0 Å². The smallest absolute Gasteiger partial charge is 0.343 e. The fourth-order valence-electron chi connectivity index (χ4n) is 0.217. The van der Waals surface area contributed by atoms with Crippen molar-refractivity contribution in [2.24, 2.45) is 0 Å². The molecule has 0 spiro atoms. The number of carbonyl (C=O) groups excluding carboxylic acids is 1. The van der Waals surface area contributed by atoms with E-state index >= 15 is 0 Å². The highest BCUT2D eigenvalue weighted by atomic mass is 16.5. The zero-order chi connectivity index (χ0) is 7.11. The zero-order valence-electron chi connectivity index (χ0n) is 4.89. The molecule has 0 bridgehead atoms. The summed E-state index contributed by atoms with van der Waals surface area (Å²) >= 11 is 0. The molecule has 46 valence electrons. The lowest BCUT2D eigenvalue weighted by atomic mass is 10.6. The fourth-order valence-corrected chi connectivity index (χ4v) is 0.217. The molecule has 0 aliphatic heterocycles. The second-order valence-corrected chi connectivity index (χ2v) is 1.11. The first-order chi connectivity index (χ1) is 4.31. The largest absolute Gasteiger partial charge is 0.422 e. The lowest BCUT2D eigenvalue weighted by Gasteiger charge is -1.84. The van der Waals surface area contributed by atoms with E-state index in [1.54, 1.807) is 0 Å². The van der Waals surface area contributed by atoms with Crippen molar-refractivity contribution in [1.29, 1.82) is 0 Å². The first kappa shape index (κ1) is 7.51. The molecular weight excluding hydrogens is 116 g/mol. The Hall–Kier alpha value is -1.49. The van der Waals surface area contributed by atoms with Gasteiger partial charge in [0.1, 0.15) is 6.26 Å². The summed E-state index contributed by atoms with van der Waals surface area (Å²) in [5.74, 6) is -0.527. The molecule has 2 nitrogen and oxygen atoms in total. The Morgan fingerprint density at radius 2 is 2.11 bits per heavy atom. The highest BCUT2D eigenvalue weighted by Gasteiger charge is 1.87. The molecule has 0 aliphatic rings. The number of rotatable bonds is 2. The van der Waals surface area contributed by atoms with Gasteiger partial charge in [-0.25, -0.2) is 4.79 Å². The van der Waals surface area contributed by atoms with Crippen LogP contribution < -0.4 is 0 Å². The average molecular weight is 122 g/mol. The van der Waals surface area contributed by atoms with Crippen LogP contribution >= 0.6 is 0 Å². The Morgan fingerprint density at radius 1 is 1.44 bits per heavy atom. The summed E-state index contributed by atoms with van der Waals surface area (Å²) in [4.78, 5) is 10.3. The maximum Gasteiger partial charge on any atom is 0.343 e. The van der Waals surface area contributed by atoms with Crippen LogP contribution in [0.4, 0.5) is 0 Å². The predicted octanol–water partition coefficient (Wildman–Crippen LogP) is 1.17. The molecular formula is C7H6O2. The fraction of sp³-hybridized carbons (Fsp3) is 0. The van der Waals surface area contributed by atoms with Crippen LogP contribution in [0.5, 0.6) is 0 Å². The van der Waals surface area contributed by atoms with Gasteiger partial charge in [-0.15, -0.1) is 5.73 Å². The van der Waals surface area contributed by atoms with Gasteiger partial charge in [0.05, 0.1) is 6.08 Å². The van der Waals surface area contributed by atoms with Gasteiger partial charge in [-0.3, -0.25) is 0 Å². The van der Waals surface area contributed by atoms with Crippen LogP contribution in [-0.2, 0) is 9.53 Å². The molecule has 0 heterocycles. The second kappa shape index (κ2) is 4.66. The zero-order valence-corrected chi connectivity index (χ0v) is 4.89. The summed E-state index contributed by atoms with van der Waals surface area (Å²) in [6, 6.07) is 0. The van der Waals surface area contributed by atoms with Crippen LogP contribution in [0.1, 0.15) is 0 Å². The lowest BCUT2D eigenvalue weighted by molar-refractivity contribution is -0.132. The van der Waals surface area contributed by atoms with Crippen LogP contribution in [-0.4, -0.2) is 5.97 Å². The highest BCUT2D eigenvalue weighted by molar-refractivity contribution is 5.82. The third-order valence-electron chi connectivity index (χ3n) is 0.478. The van der Waals surface area contributed by atoms with Crippen LogP contribution in [0, 0.1) is 0 Å². The Bertz CT molecular complexity index is 191. The topological polar surface area (TPSA) is 26.3 Å². The van der Waals surface area contributed by atoms with Gasteiger partial charge >= 0.3 is 5.97 Å². The number of carbonyl (C=O) groups is 1. The van der Waals surface area contributed by atoms with E-state index in [2.05, 4.69) is 29.4 Å². The van der Waals surface area contributed by atoms with Gasteiger partial charge in [0.15, 0.2) is 0 Å². The molecule has 0 rings (SSSR count). The average Bonchev–Trinajstić information content (AvgIpc) is 1.85. The van der Waals surface area contributed by atoms with Gasteiger partial charge in [-0.1, -0.05) is 18.9 Å². The van der Waals surface area contributed by atoms with E-state index in [-0.39, 0.29) is 0 Å². The van der Waals surface area contributed by atoms with Crippen molar-refractivity contribution >= 4 is 5.97 Å². The minimum absolute atomic E-state index is 0.527. The number of hydrogen-bond acceptors (Lipinski definition) is 2. The maximum absolute atomic E-state index is 10.3. The quantitative estimate of drug-likeness (QED) is 0.238. The molecule has 2 heteroatoms. The summed E-state index contributed by atoms with van der Waals surface area (Å²) in [7, 11) is 0. The van der Waals surface area contributed by atoms with Crippen LogP contribution in [0.15, 0.2) is 37.0 Å². The van der Waals surface area contributed by atoms with Gasteiger partial charge in [-0.2, -0.15) is 0 Å². The third-order valence-corrected chi connectivity index (χ3v) is 0.478. The van der Waals surface area contributed by atoms with Gasteiger partial charge in [0.2, 0.25) is 0 Å². The number of hydrogen-bond donors (Lipinski definition) is 0. The van der Waals surface area contributed by atoms with Gasteiger partial charge in [0, 0.05) is 0 Å². The first-order valence-corrected chi connectivity index (χ1v) is 2.22. The van der Waals surface area contributed by atoms with Crippen LogP contribution in [0.25, 0.3) is 0 Å². The summed E-state index contributed by atoms with van der Waals surface area (Å²) in [5.41, 5.74) is 4.53. The van der Waals surface area contributed by atoms with Gasteiger partial charge in [-0.05, 0) is 0 Å². The van der Waals surface area contributed by atoms with E-state index in [1.165, 1.54) is 0 Å². The second-order valence-electron chi connectivity index (χ2n) is 1.11. The van der Waals surface area contributed by atoms with E-state index in [1.807, 2.05) is 0 Å². The Morgan fingerprint density at radius 3 is 2.56 bits per heavy atom. The van der Waals surface area contributed by atoms with Crippen molar-refractivity contribution in [3.63, 3.8) is 0 Å². The Kier molecular flexibility index (Phi) is 3.89. The molecule has 0 atom stereocenters. The summed E-state index contributed by atoms with van der Waals surface area (Å²) < 4.78 is 4.34. The minimum atomic E-state index is -0.527. The van der Waals surface area contributed by atoms with Crippen LogP contribution in [0.3, 0.4) is 0 Å². The van der Waals surface area contributed by atoms with Gasteiger partial charge in [0.25, 0.3) is 0 Å². The molecule has 0 unspecified atom stereocenters. The number of ether oxygens (including phenoxy) is 1. The van der Waals surface area contributed by atoms with E-state index in [0.717, 1.165) is 12.3 Å². The molecule has 0 saturated carbocycles. The highest BCUT2D eigenvalue weighted by Crippen LogP contribution is 1.77. The van der Waals surface area contributed by atoms with Crippen LogP contribution in [0.2, 0.25) is 0 Å². The normalized spacial score (nSPS) is 6.22. The minimum Gasteiger partial charge on any atom is -0.422 e. The SMILES string of the molecule is C=C=COC(=O)C=C=C. The van der Waals surface area contributed by atoms with Crippen molar-refractivity contribution in [3.8, 4) is 0 Å². The molecule has 0 radical (unpaired) electrons. The number of esters is 1. The Labute approximate surface area is 53.4 Å². The third kappa shape index (κ3) is 4.36. The standard InChI is InChI=1S/C7H6O2/c1-3-5-7(8)9-6-4-2/h5-6H,1-2H2. The molecule has 0 aliphatic carbocycles. The van der Waals surface area contributed by atoms with Crippen molar-refractivity contribution < 1.29 is 9.53 Å². The maximum atomic E-state index is 10.3. The summed E-state index contributed by atoms with van der Waals surface area (Å²) in [5, 5.41) is 0. The molecule has 0 aromatic rings. The molecule has 9 heavy (non-hydrogen) atoms. The first-order valence-electron chi connectivity index (χ1n) is 2.22. The van der Waals surface area contributed by atoms with Crippen molar-refractivity contribution in [3.05, 3.63) is 37.0 Å². The monoisotopic (exact) mass is 122 g/mol. The molecule has 0 amide bonds. The van der Waals surface area contributed by atoms with E-state index < -0.39 is 5.97 Å². The summed E-state index contributed by atoms with van der Waals surface area (Å²) in [6.07, 6.45) is 2.14. The van der Waals surface area contributed by atoms with E-state index in [9.17, 15) is 4.79 Å². The van der Waals surface area contributed by atoms with Crippen molar-refractivity contribution in [2.45, 2.75) is 0 Å². The molecule has 0 aromatic carbocycles. The molecule has 0 saturated heterocycles. The molecule has 0 N–H and O–H groups in total. The molecule has 0 aromatic heterocycles. The van der Waals surface area contributed by atoms with Crippen molar-refractivity contribution in [1.82, 2.24) is 0 Å². The Balaban J connectivity index is 3.77. The molecule has 0 fully saturated rings. The van der Waals surface area contributed by atoms with Crippen molar-refractivity contribution in [2.75, 3.05) is 0 Å². The van der Waals surface area contributed by atoms with Gasteiger partial charge < -0.3 is 4.74 Å².